The second-order valence-electron chi connectivity index (χ2n) is 5.61. The minimum atomic E-state index is -1.19. The number of para-hydroxylation sites is 1. The SMILES string of the molecule is CC(=O)C[C@H]1C=CC[C@H](NC(=O)Cc2ccccc2O)B(O)O1. The fourth-order valence-corrected chi connectivity index (χ4v) is 2.43. The zero-order valence-corrected chi connectivity index (χ0v) is 12.9. The van der Waals surface area contributed by atoms with Gasteiger partial charge >= 0.3 is 7.12 Å². The van der Waals surface area contributed by atoms with E-state index >= 15 is 0 Å². The summed E-state index contributed by atoms with van der Waals surface area (Å²) in [6, 6.07) is 6.60. The van der Waals surface area contributed by atoms with E-state index in [9.17, 15) is 19.7 Å². The molecule has 6 nitrogen and oxygen atoms in total. The van der Waals surface area contributed by atoms with Gasteiger partial charge in [-0.25, -0.2) is 0 Å². The Kier molecular flexibility index (Phi) is 5.95. The Bertz CT molecular complexity index is 604. The zero-order chi connectivity index (χ0) is 16.8. The fourth-order valence-electron chi connectivity index (χ4n) is 2.43. The van der Waals surface area contributed by atoms with E-state index in [2.05, 4.69) is 5.32 Å². The number of hydrogen-bond acceptors (Lipinski definition) is 5. The number of amides is 1. The quantitative estimate of drug-likeness (QED) is 0.550. The van der Waals surface area contributed by atoms with E-state index in [1.807, 2.05) is 0 Å². The van der Waals surface area contributed by atoms with Gasteiger partial charge in [-0.15, -0.1) is 0 Å². The first kappa shape index (κ1) is 17.2. The molecule has 122 valence electrons. The molecule has 1 aromatic carbocycles. The number of benzene rings is 1. The third-order valence-electron chi connectivity index (χ3n) is 3.58. The molecule has 1 heterocycles. The number of Topliss-reactive ketones (excluding diaryl/α,β-unsaturated/α-hetero) is 1. The molecular weight excluding hydrogens is 297 g/mol. The summed E-state index contributed by atoms with van der Waals surface area (Å²) in [6.07, 6.45) is 3.63. The highest BCUT2D eigenvalue weighted by atomic mass is 16.5. The number of aromatic hydroxyl groups is 1. The molecule has 3 N–H and O–H groups in total. The molecule has 0 spiro atoms. The summed E-state index contributed by atoms with van der Waals surface area (Å²) in [7, 11) is -1.19. The van der Waals surface area contributed by atoms with Crippen LogP contribution in [0.15, 0.2) is 36.4 Å². The molecule has 0 aromatic heterocycles. The Hall–Kier alpha value is -2.12. The summed E-state index contributed by atoms with van der Waals surface area (Å²) >= 11 is 0. The molecule has 0 fully saturated rings. The molecule has 2 atom stereocenters. The molecule has 7 heteroatoms. The van der Waals surface area contributed by atoms with Crippen molar-refractivity contribution in [1.82, 2.24) is 5.32 Å². The normalized spacial score (nSPS) is 20.9. The van der Waals surface area contributed by atoms with Crippen molar-refractivity contribution < 1.29 is 24.4 Å². The van der Waals surface area contributed by atoms with Crippen molar-refractivity contribution in [3.8, 4) is 5.75 Å². The number of hydrogen-bond donors (Lipinski definition) is 3. The lowest BCUT2D eigenvalue weighted by molar-refractivity contribution is -0.121. The molecule has 23 heavy (non-hydrogen) atoms. The van der Waals surface area contributed by atoms with Crippen molar-refractivity contribution in [1.29, 1.82) is 0 Å². The Morgan fingerprint density at radius 1 is 1.39 bits per heavy atom. The predicted molar refractivity (Wildman–Crippen MR) is 85.6 cm³/mol. The Morgan fingerprint density at radius 2 is 2.13 bits per heavy atom. The highest BCUT2D eigenvalue weighted by Crippen LogP contribution is 2.17. The third-order valence-corrected chi connectivity index (χ3v) is 3.58. The highest BCUT2D eigenvalue weighted by molar-refractivity contribution is 6.45. The summed E-state index contributed by atoms with van der Waals surface area (Å²) in [5, 5.41) is 22.4. The predicted octanol–water partition coefficient (Wildman–Crippen LogP) is 0.763. The molecule has 1 aromatic rings. The first-order valence-electron chi connectivity index (χ1n) is 7.51. The number of phenolic OH excluding ortho intramolecular Hbond substituents is 1. The monoisotopic (exact) mass is 317 g/mol. The van der Waals surface area contributed by atoms with Crippen LogP contribution < -0.4 is 5.32 Å². The average Bonchev–Trinajstić information content (AvgIpc) is 2.63. The van der Waals surface area contributed by atoms with Crippen LogP contribution in [0.5, 0.6) is 5.75 Å². The second-order valence-corrected chi connectivity index (χ2v) is 5.61. The highest BCUT2D eigenvalue weighted by Gasteiger charge is 2.32. The van der Waals surface area contributed by atoms with Crippen LogP contribution in [0, 0.1) is 0 Å². The van der Waals surface area contributed by atoms with Gasteiger partial charge in [0.15, 0.2) is 0 Å². The van der Waals surface area contributed by atoms with Gasteiger partial charge in [-0.3, -0.25) is 9.59 Å². The van der Waals surface area contributed by atoms with Gasteiger partial charge < -0.3 is 20.1 Å². The molecule has 1 amide bonds. The summed E-state index contributed by atoms with van der Waals surface area (Å²) < 4.78 is 5.39. The summed E-state index contributed by atoms with van der Waals surface area (Å²) in [5.74, 6) is -0.894. The van der Waals surface area contributed by atoms with Crippen LogP contribution in [-0.2, 0) is 20.7 Å². The molecule has 0 aliphatic carbocycles. The van der Waals surface area contributed by atoms with Crippen molar-refractivity contribution in [2.45, 2.75) is 38.2 Å². The average molecular weight is 317 g/mol. The van der Waals surface area contributed by atoms with Gasteiger partial charge in [-0.05, 0) is 19.4 Å². The molecule has 0 saturated heterocycles. The van der Waals surface area contributed by atoms with E-state index in [0.717, 1.165) is 0 Å². The standard InChI is InChI=1S/C16H20BNO5/c1-11(19)9-13-6-4-8-15(17(22)23-13)18-16(21)10-12-5-2-3-7-14(12)20/h2-7,13,15,20,22H,8-10H2,1H3,(H,18,21)/t13-,15+/m1/s1. The number of phenols is 1. The van der Waals surface area contributed by atoms with Crippen LogP contribution in [0.25, 0.3) is 0 Å². The minimum Gasteiger partial charge on any atom is -0.508 e. The van der Waals surface area contributed by atoms with Crippen LogP contribution >= 0.6 is 0 Å². The lowest BCUT2D eigenvalue weighted by atomic mass is 9.77. The first-order valence-corrected chi connectivity index (χ1v) is 7.51. The van der Waals surface area contributed by atoms with E-state index in [4.69, 9.17) is 4.65 Å². The number of carbonyl (C=O) groups is 2. The van der Waals surface area contributed by atoms with Gasteiger partial charge in [0.25, 0.3) is 0 Å². The van der Waals surface area contributed by atoms with Gasteiger partial charge in [0, 0.05) is 12.0 Å². The molecule has 1 aliphatic heterocycles. The van der Waals surface area contributed by atoms with Crippen molar-refractivity contribution in [3.05, 3.63) is 42.0 Å². The van der Waals surface area contributed by atoms with Gasteiger partial charge in [-0.1, -0.05) is 30.4 Å². The molecular formula is C16H20BNO5. The largest absolute Gasteiger partial charge is 0.508 e. The maximum absolute atomic E-state index is 12.1. The van der Waals surface area contributed by atoms with E-state index in [0.29, 0.717) is 12.0 Å². The maximum atomic E-state index is 12.1. The second kappa shape index (κ2) is 7.94. The summed E-state index contributed by atoms with van der Waals surface area (Å²) in [6.45, 7) is 1.46. The lowest BCUT2D eigenvalue weighted by Gasteiger charge is -2.20. The van der Waals surface area contributed by atoms with Crippen LogP contribution in [0.1, 0.15) is 25.3 Å². The molecule has 0 unspecified atom stereocenters. The molecule has 0 bridgehead atoms. The number of rotatable bonds is 5. The van der Waals surface area contributed by atoms with Crippen LogP contribution in [0.3, 0.4) is 0 Å². The maximum Gasteiger partial charge on any atom is 0.478 e. The number of ketones is 1. The number of carbonyl (C=O) groups excluding carboxylic acids is 2. The fraction of sp³-hybridized carbons (Fsp3) is 0.375. The van der Waals surface area contributed by atoms with E-state index < -0.39 is 19.2 Å². The van der Waals surface area contributed by atoms with E-state index in [1.165, 1.54) is 13.0 Å². The molecule has 0 radical (unpaired) electrons. The van der Waals surface area contributed by atoms with Crippen molar-refractivity contribution in [2.75, 3.05) is 0 Å². The third kappa shape index (κ3) is 5.23. The summed E-state index contributed by atoms with van der Waals surface area (Å²) in [5.41, 5.74) is 0.513. The Morgan fingerprint density at radius 3 is 2.83 bits per heavy atom. The van der Waals surface area contributed by atoms with Crippen LogP contribution in [0.4, 0.5) is 0 Å². The molecule has 1 aliphatic rings. The smallest absolute Gasteiger partial charge is 0.478 e. The van der Waals surface area contributed by atoms with Crippen LogP contribution in [0.2, 0.25) is 0 Å². The topological polar surface area (TPSA) is 95.9 Å². The van der Waals surface area contributed by atoms with Crippen LogP contribution in [-0.4, -0.2) is 41.0 Å². The van der Waals surface area contributed by atoms with E-state index in [1.54, 1.807) is 30.4 Å². The Labute approximate surface area is 135 Å². The van der Waals surface area contributed by atoms with E-state index in [-0.39, 0.29) is 30.3 Å². The van der Waals surface area contributed by atoms with Gasteiger partial charge in [0.1, 0.15) is 11.5 Å². The van der Waals surface area contributed by atoms with Crippen molar-refractivity contribution in [3.63, 3.8) is 0 Å². The first-order chi connectivity index (χ1) is 11.0. The van der Waals surface area contributed by atoms with Crippen molar-refractivity contribution >= 4 is 18.8 Å². The van der Waals surface area contributed by atoms with Gasteiger partial charge in [0.05, 0.1) is 18.5 Å². The zero-order valence-electron chi connectivity index (χ0n) is 12.9. The minimum absolute atomic E-state index is 0.0104. The Balaban J connectivity index is 1.92. The lowest BCUT2D eigenvalue weighted by Crippen LogP contribution is -2.48. The summed E-state index contributed by atoms with van der Waals surface area (Å²) in [4.78, 5) is 23.2. The number of nitrogens with one attached hydrogen (secondary N) is 1. The van der Waals surface area contributed by atoms with Gasteiger partial charge in [-0.2, -0.15) is 0 Å². The van der Waals surface area contributed by atoms with Gasteiger partial charge in [0.2, 0.25) is 5.91 Å². The van der Waals surface area contributed by atoms with Crippen molar-refractivity contribution in [2.24, 2.45) is 0 Å². The molecule has 2 rings (SSSR count). The molecule has 0 saturated carbocycles.